The maximum absolute atomic E-state index is 12.6. The van der Waals surface area contributed by atoms with Crippen LogP contribution in [-0.2, 0) is 16.0 Å². The van der Waals surface area contributed by atoms with E-state index in [-0.39, 0.29) is 17.9 Å². The molecule has 0 aromatic heterocycles. The topological polar surface area (TPSA) is 70.7 Å². The van der Waals surface area contributed by atoms with Crippen molar-refractivity contribution in [2.45, 2.75) is 51.0 Å². The van der Waals surface area contributed by atoms with Gasteiger partial charge in [0.15, 0.2) is 0 Å². The van der Waals surface area contributed by atoms with Crippen LogP contribution in [0.5, 0.6) is 5.75 Å². The van der Waals surface area contributed by atoms with Crippen LogP contribution in [0.1, 0.15) is 44.1 Å². The Morgan fingerprint density at radius 1 is 1.14 bits per heavy atom. The van der Waals surface area contributed by atoms with Crippen LogP contribution < -0.4 is 15.4 Å². The van der Waals surface area contributed by atoms with Crippen LogP contribution >= 0.6 is 0 Å². The lowest BCUT2D eigenvalue weighted by Crippen LogP contribution is -2.47. The molecule has 1 aromatic rings. The number of carbonyl (C=O) groups is 2. The summed E-state index contributed by atoms with van der Waals surface area (Å²) < 4.78 is 5.34. The van der Waals surface area contributed by atoms with Crippen molar-refractivity contribution in [3.8, 4) is 5.75 Å². The number of rotatable bonds is 7. The van der Waals surface area contributed by atoms with Crippen molar-refractivity contribution in [1.29, 1.82) is 0 Å². The zero-order valence-electron chi connectivity index (χ0n) is 16.9. The number of piperidine rings is 2. The molecule has 2 heterocycles. The van der Waals surface area contributed by atoms with E-state index in [0.29, 0.717) is 31.8 Å². The van der Waals surface area contributed by atoms with Crippen LogP contribution in [0.25, 0.3) is 0 Å². The fraction of sp³-hybridized carbons (Fsp3) is 0.636. The summed E-state index contributed by atoms with van der Waals surface area (Å²) in [5.41, 5.74) is 0.920. The van der Waals surface area contributed by atoms with Gasteiger partial charge in [-0.3, -0.25) is 9.59 Å². The Bertz CT molecular complexity index is 650. The van der Waals surface area contributed by atoms with Crippen molar-refractivity contribution in [1.82, 2.24) is 15.5 Å². The van der Waals surface area contributed by atoms with Crippen LogP contribution in [0, 0.1) is 5.92 Å². The summed E-state index contributed by atoms with van der Waals surface area (Å²) in [7, 11) is 1.63. The monoisotopic (exact) mass is 387 g/mol. The van der Waals surface area contributed by atoms with Gasteiger partial charge in [-0.05, 0) is 57.2 Å². The average molecular weight is 388 g/mol. The number of amides is 2. The summed E-state index contributed by atoms with van der Waals surface area (Å²) in [6.45, 7) is 3.56. The number of para-hydroxylation sites is 1. The first-order valence-electron chi connectivity index (χ1n) is 10.6. The van der Waals surface area contributed by atoms with Crippen LogP contribution in [0.4, 0.5) is 0 Å². The molecule has 2 aliphatic rings. The Kier molecular flexibility index (Phi) is 7.71. The molecule has 2 N–H and O–H groups in total. The van der Waals surface area contributed by atoms with Crippen LogP contribution in [-0.4, -0.2) is 56.0 Å². The maximum Gasteiger partial charge on any atom is 0.227 e. The first kappa shape index (κ1) is 20.6. The van der Waals surface area contributed by atoms with Gasteiger partial charge in [0.1, 0.15) is 5.75 Å². The second kappa shape index (κ2) is 10.5. The minimum Gasteiger partial charge on any atom is -0.496 e. The van der Waals surface area contributed by atoms with Crippen molar-refractivity contribution in [2.24, 2.45) is 5.92 Å². The minimum atomic E-state index is 0.125. The van der Waals surface area contributed by atoms with E-state index < -0.39 is 0 Å². The second-order valence-electron chi connectivity index (χ2n) is 7.94. The predicted molar refractivity (Wildman–Crippen MR) is 109 cm³/mol. The van der Waals surface area contributed by atoms with Gasteiger partial charge < -0.3 is 20.3 Å². The van der Waals surface area contributed by atoms with E-state index in [9.17, 15) is 9.59 Å². The van der Waals surface area contributed by atoms with Gasteiger partial charge in [0.25, 0.3) is 0 Å². The molecule has 0 atom stereocenters. The summed E-state index contributed by atoms with van der Waals surface area (Å²) in [4.78, 5) is 26.8. The van der Waals surface area contributed by atoms with Crippen molar-refractivity contribution in [2.75, 3.05) is 33.3 Å². The molecule has 0 unspecified atom stereocenters. The van der Waals surface area contributed by atoms with E-state index in [0.717, 1.165) is 43.7 Å². The predicted octanol–water partition coefficient (Wildman–Crippen LogP) is 2.12. The van der Waals surface area contributed by atoms with Crippen molar-refractivity contribution < 1.29 is 14.3 Å². The molecule has 2 amide bonds. The first-order valence-corrected chi connectivity index (χ1v) is 10.6. The highest BCUT2D eigenvalue weighted by molar-refractivity contribution is 5.80. The molecule has 0 saturated carbocycles. The number of hydrogen-bond donors (Lipinski definition) is 2. The van der Waals surface area contributed by atoms with Gasteiger partial charge in [0.2, 0.25) is 11.8 Å². The quantitative estimate of drug-likeness (QED) is 0.752. The number of methoxy groups -OCH3 is 1. The third kappa shape index (κ3) is 5.96. The Hall–Kier alpha value is -2.08. The molecule has 154 valence electrons. The molecular formula is C22H33N3O3. The number of likely N-dealkylation sites (tertiary alicyclic amines) is 1. The lowest BCUT2D eigenvalue weighted by Gasteiger charge is -2.32. The molecule has 2 aliphatic heterocycles. The molecule has 2 fully saturated rings. The lowest BCUT2D eigenvalue weighted by molar-refractivity contribution is -0.131. The average Bonchev–Trinajstić information content (AvgIpc) is 2.74. The molecule has 28 heavy (non-hydrogen) atoms. The van der Waals surface area contributed by atoms with Gasteiger partial charge in [0.05, 0.1) is 13.5 Å². The van der Waals surface area contributed by atoms with Crippen molar-refractivity contribution in [3.05, 3.63) is 29.8 Å². The van der Waals surface area contributed by atoms with Gasteiger partial charge in [-0.25, -0.2) is 0 Å². The normalized spacial score (nSPS) is 18.7. The molecular weight excluding hydrogens is 354 g/mol. The molecule has 0 aliphatic carbocycles. The van der Waals surface area contributed by atoms with E-state index >= 15 is 0 Å². The van der Waals surface area contributed by atoms with Crippen LogP contribution in [0.15, 0.2) is 24.3 Å². The largest absolute Gasteiger partial charge is 0.496 e. The van der Waals surface area contributed by atoms with E-state index in [2.05, 4.69) is 10.6 Å². The Labute approximate surface area is 168 Å². The van der Waals surface area contributed by atoms with Gasteiger partial charge in [-0.15, -0.1) is 0 Å². The van der Waals surface area contributed by atoms with Crippen LogP contribution in [0.3, 0.4) is 0 Å². The number of hydrogen-bond acceptors (Lipinski definition) is 4. The number of nitrogens with one attached hydrogen (secondary N) is 2. The smallest absolute Gasteiger partial charge is 0.227 e. The highest BCUT2D eigenvalue weighted by Gasteiger charge is 2.24. The summed E-state index contributed by atoms with van der Waals surface area (Å²) in [5, 5.41) is 6.54. The number of benzene rings is 1. The fourth-order valence-electron chi connectivity index (χ4n) is 4.20. The van der Waals surface area contributed by atoms with Crippen molar-refractivity contribution >= 4 is 11.8 Å². The standard InChI is InChI=1S/C22H33N3O3/c1-28-20-5-3-2-4-18(20)16-22(27)25-14-10-19(11-15-25)24-21(26)7-6-17-8-12-23-13-9-17/h2-5,17,19,23H,6-16H2,1H3,(H,24,26). The number of ether oxygens (including phenoxy) is 1. The van der Waals surface area contributed by atoms with E-state index in [1.807, 2.05) is 29.2 Å². The summed E-state index contributed by atoms with van der Waals surface area (Å²) in [5.74, 6) is 1.73. The maximum atomic E-state index is 12.6. The highest BCUT2D eigenvalue weighted by Crippen LogP contribution is 2.20. The van der Waals surface area contributed by atoms with Gasteiger partial charge in [-0.1, -0.05) is 18.2 Å². The summed E-state index contributed by atoms with van der Waals surface area (Å²) in [6.07, 6.45) is 5.99. The Morgan fingerprint density at radius 2 is 1.86 bits per heavy atom. The van der Waals surface area contributed by atoms with Gasteiger partial charge in [-0.2, -0.15) is 0 Å². The van der Waals surface area contributed by atoms with E-state index in [1.54, 1.807) is 7.11 Å². The zero-order valence-corrected chi connectivity index (χ0v) is 16.9. The number of carbonyl (C=O) groups excluding carboxylic acids is 2. The van der Waals surface area contributed by atoms with E-state index in [4.69, 9.17) is 4.74 Å². The first-order chi connectivity index (χ1) is 13.7. The van der Waals surface area contributed by atoms with Crippen molar-refractivity contribution in [3.63, 3.8) is 0 Å². The zero-order chi connectivity index (χ0) is 19.8. The SMILES string of the molecule is COc1ccccc1CC(=O)N1CCC(NC(=O)CCC2CCNCC2)CC1. The van der Waals surface area contributed by atoms with Gasteiger partial charge >= 0.3 is 0 Å². The van der Waals surface area contributed by atoms with E-state index in [1.165, 1.54) is 12.8 Å². The lowest BCUT2D eigenvalue weighted by atomic mass is 9.93. The van der Waals surface area contributed by atoms with Gasteiger partial charge in [0, 0.05) is 31.1 Å². The molecule has 0 spiro atoms. The molecule has 0 bridgehead atoms. The summed E-state index contributed by atoms with van der Waals surface area (Å²) in [6, 6.07) is 7.85. The minimum absolute atomic E-state index is 0.125. The summed E-state index contributed by atoms with van der Waals surface area (Å²) >= 11 is 0. The third-order valence-electron chi connectivity index (χ3n) is 5.99. The highest BCUT2D eigenvalue weighted by atomic mass is 16.5. The molecule has 0 radical (unpaired) electrons. The molecule has 1 aromatic carbocycles. The Morgan fingerprint density at radius 3 is 2.57 bits per heavy atom. The third-order valence-corrected chi connectivity index (χ3v) is 5.99. The second-order valence-corrected chi connectivity index (χ2v) is 7.94. The number of nitrogens with zero attached hydrogens (tertiary/aromatic N) is 1. The molecule has 3 rings (SSSR count). The molecule has 6 nitrogen and oxygen atoms in total. The molecule has 6 heteroatoms. The Balaban J connectivity index is 1.37. The fourth-order valence-corrected chi connectivity index (χ4v) is 4.20. The molecule has 2 saturated heterocycles. The van der Waals surface area contributed by atoms with Crippen LogP contribution in [0.2, 0.25) is 0 Å².